The van der Waals surface area contributed by atoms with E-state index in [0.29, 0.717) is 30.2 Å². The smallest absolute Gasteiger partial charge is 0.256 e. The van der Waals surface area contributed by atoms with Crippen molar-refractivity contribution in [1.29, 1.82) is 0 Å². The molecule has 0 saturated carbocycles. The van der Waals surface area contributed by atoms with Crippen LogP contribution in [0.2, 0.25) is 0 Å². The van der Waals surface area contributed by atoms with E-state index in [4.69, 9.17) is 9.40 Å². The quantitative estimate of drug-likeness (QED) is 0.491. The fourth-order valence-corrected chi connectivity index (χ4v) is 3.90. The summed E-state index contributed by atoms with van der Waals surface area (Å²) in [6.07, 6.45) is 3.51. The summed E-state index contributed by atoms with van der Waals surface area (Å²) in [5.41, 5.74) is 3.37. The van der Waals surface area contributed by atoms with E-state index in [2.05, 4.69) is 11.1 Å². The highest BCUT2D eigenvalue weighted by molar-refractivity contribution is 6.06. The second-order valence-electron chi connectivity index (χ2n) is 6.93. The van der Waals surface area contributed by atoms with Crippen LogP contribution in [0.1, 0.15) is 22.0 Å². The molecule has 0 N–H and O–H groups in total. The molecule has 0 aliphatic carbocycles. The third kappa shape index (κ3) is 2.55. The molecule has 0 bridgehead atoms. The molecule has 2 aromatic carbocycles. The van der Waals surface area contributed by atoms with Gasteiger partial charge in [-0.05, 0) is 29.8 Å². The van der Waals surface area contributed by atoms with E-state index in [0.717, 1.165) is 16.6 Å². The predicted molar refractivity (Wildman–Crippen MR) is 108 cm³/mol. The fraction of sp³-hybridized carbons (Fsp3) is 0.130. The van der Waals surface area contributed by atoms with Gasteiger partial charge in [0.2, 0.25) is 0 Å². The van der Waals surface area contributed by atoms with Crippen LogP contribution in [0.25, 0.3) is 22.6 Å². The van der Waals surface area contributed by atoms with E-state index in [1.165, 1.54) is 0 Å². The van der Waals surface area contributed by atoms with E-state index in [-0.39, 0.29) is 11.9 Å². The molecular formula is C23H19N3O2. The van der Waals surface area contributed by atoms with Gasteiger partial charge >= 0.3 is 0 Å². The van der Waals surface area contributed by atoms with Crippen molar-refractivity contribution in [3.63, 3.8) is 0 Å². The molecule has 5 rings (SSSR count). The normalized spacial score (nSPS) is 16.4. The number of amides is 1. The molecule has 0 fully saturated rings. The van der Waals surface area contributed by atoms with Crippen LogP contribution in [0.15, 0.2) is 84.0 Å². The average molecular weight is 369 g/mol. The molecule has 3 heterocycles. The Hall–Kier alpha value is -3.60. The molecule has 1 amide bonds. The molecule has 4 aromatic rings. The Morgan fingerprint density at radius 3 is 2.71 bits per heavy atom. The fourth-order valence-electron chi connectivity index (χ4n) is 3.90. The number of nitrogens with zero attached hydrogens (tertiary/aromatic N) is 3. The topological polar surface area (TPSA) is 51.3 Å². The number of imidazole rings is 1. The largest absolute Gasteiger partial charge is 0.461 e. The van der Waals surface area contributed by atoms with Crippen LogP contribution in [-0.2, 0) is 6.54 Å². The lowest BCUT2D eigenvalue weighted by Crippen LogP contribution is -2.33. The monoisotopic (exact) mass is 369 g/mol. The van der Waals surface area contributed by atoms with Gasteiger partial charge in [-0.25, -0.2) is 4.98 Å². The second-order valence-corrected chi connectivity index (χ2v) is 6.93. The predicted octanol–water partition coefficient (Wildman–Crippen LogP) is 4.68. The van der Waals surface area contributed by atoms with Crippen molar-refractivity contribution in [2.24, 2.45) is 0 Å². The number of hydrogen-bond donors (Lipinski definition) is 0. The maximum Gasteiger partial charge on any atom is 0.256 e. The van der Waals surface area contributed by atoms with Crippen molar-refractivity contribution in [1.82, 2.24) is 14.5 Å². The molecule has 1 atom stereocenters. The van der Waals surface area contributed by atoms with Gasteiger partial charge in [-0.2, -0.15) is 0 Å². The number of carbonyl (C=O) groups is 1. The van der Waals surface area contributed by atoms with Gasteiger partial charge in [0.1, 0.15) is 0 Å². The van der Waals surface area contributed by atoms with E-state index in [1.54, 1.807) is 6.26 Å². The Morgan fingerprint density at radius 2 is 1.96 bits per heavy atom. The summed E-state index contributed by atoms with van der Waals surface area (Å²) in [5.74, 6) is 1.40. The van der Waals surface area contributed by atoms with Gasteiger partial charge in [-0.15, -0.1) is 6.58 Å². The summed E-state index contributed by atoms with van der Waals surface area (Å²) in [6, 6.07) is 19.4. The lowest BCUT2D eigenvalue weighted by molar-refractivity contribution is 0.0738. The number of rotatable bonds is 4. The number of furan rings is 1. The number of hydrogen-bond acceptors (Lipinski definition) is 3. The summed E-state index contributed by atoms with van der Waals surface area (Å²) >= 11 is 0. The van der Waals surface area contributed by atoms with Gasteiger partial charge in [0.05, 0.1) is 28.9 Å². The van der Waals surface area contributed by atoms with Crippen molar-refractivity contribution in [3.05, 3.63) is 90.7 Å². The van der Waals surface area contributed by atoms with E-state index >= 15 is 0 Å². The number of para-hydroxylation sites is 1. The molecule has 5 nitrogen and oxygen atoms in total. The Morgan fingerprint density at radius 1 is 1.11 bits per heavy atom. The average Bonchev–Trinajstić information content (AvgIpc) is 3.36. The summed E-state index contributed by atoms with van der Waals surface area (Å²) in [7, 11) is 0. The van der Waals surface area contributed by atoms with Crippen LogP contribution >= 0.6 is 0 Å². The second kappa shape index (κ2) is 6.53. The molecule has 0 unspecified atom stereocenters. The molecular weight excluding hydrogens is 350 g/mol. The molecule has 138 valence electrons. The summed E-state index contributed by atoms with van der Waals surface area (Å²) in [4.78, 5) is 20.1. The Kier molecular flexibility index (Phi) is 3.86. The Bertz CT molecular complexity index is 1160. The first kappa shape index (κ1) is 16.6. The van der Waals surface area contributed by atoms with Gasteiger partial charge in [0.15, 0.2) is 11.6 Å². The Balaban J connectivity index is 1.69. The van der Waals surface area contributed by atoms with Crippen molar-refractivity contribution in [2.75, 3.05) is 6.54 Å². The molecule has 0 saturated heterocycles. The van der Waals surface area contributed by atoms with Crippen molar-refractivity contribution >= 4 is 16.9 Å². The van der Waals surface area contributed by atoms with Crippen LogP contribution in [0.4, 0.5) is 0 Å². The van der Waals surface area contributed by atoms with Crippen molar-refractivity contribution < 1.29 is 9.21 Å². The van der Waals surface area contributed by atoms with Crippen LogP contribution in [-0.4, -0.2) is 26.9 Å². The highest BCUT2D eigenvalue weighted by Gasteiger charge is 2.31. The summed E-state index contributed by atoms with van der Waals surface area (Å²) in [5, 5.41) is 0. The van der Waals surface area contributed by atoms with Crippen LogP contribution in [0, 0.1) is 0 Å². The molecule has 2 aromatic heterocycles. The molecule has 1 aliphatic rings. The lowest BCUT2D eigenvalue weighted by atomic mass is 10.1. The minimum atomic E-state index is -0.110. The van der Waals surface area contributed by atoms with Crippen molar-refractivity contribution in [3.8, 4) is 11.6 Å². The third-order valence-corrected chi connectivity index (χ3v) is 5.20. The summed E-state index contributed by atoms with van der Waals surface area (Å²) < 4.78 is 7.71. The highest BCUT2D eigenvalue weighted by atomic mass is 16.3. The molecule has 1 aliphatic heterocycles. The zero-order chi connectivity index (χ0) is 19.1. The first-order valence-electron chi connectivity index (χ1n) is 9.27. The van der Waals surface area contributed by atoms with E-state index in [9.17, 15) is 4.79 Å². The molecule has 5 heteroatoms. The van der Waals surface area contributed by atoms with Gasteiger partial charge in [0.25, 0.3) is 5.91 Å². The van der Waals surface area contributed by atoms with Crippen LogP contribution < -0.4 is 0 Å². The Labute approximate surface area is 162 Å². The minimum Gasteiger partial charge on any atom is -0.461 e. The zero-order valence-corrected chi connectivity index (χ0v) is 15.3. The van der Waals surface area contributed by atoms with Gasteiger partial charge < -0.3 is 13.9 Å². The lowest BCUT2D eigenvalue weighted by Gasteiger charge is -2.25. The SMILES string of the molecule is C=C[C@H]1CN(Cc2ccccc2)C(=O)c2cccc3nc(-c4ccco4)n1c23. The first-order valence-corrected chi connectivity index (χ1v) is 9.27. The zero-order valence-electron chi connectivity index (χ0n) is 15.3. The maximum atomic E-state index is 13.4. The molecule has 0 radical (unpaired) electrons. The van der Waals surface area contributed by atoms with Gasteiger partial charge in [-0.1, -0.05) is 42.5 Å². The standard InChI is InChI=1S/C23H19N3O2/c1-2-17-15-25(14-16-8-4-3-5-9-16)23(27)18-10-6-11-19-21(18)26(17)22(24-19)20-12-7-13-28-20/h2-13,17H,1,14-15H2/t17-/m0/s1. The number of benzene rings is 2. The van der Waals surface area contributed by atoms with Crippen LogP contribution in [0.3, 0.4) is 0 Å². The maximum absolute atomic E-state index is 13.4. The van der Waals surface area contributed by atoms with Gasteiger partial charge in [-0.3, -0.25) is 4.79 Å². The van der Waals surface area contributed by atoms with Gasteiger partial charge in [0, 0.05) is 13.1 Å². The van der Waals surface area contributed by atoms with Crippen molar-refractivity contribution in [2.45, 2.75) is 12.6 Å². The number of aromatic nitrogens is 2. The number of carbonyl (C=O) groups excluding carboxylic acids is 1. The van der Waals surface area contributed by atoms with E-state index < -0.39 is 0 Å². The highest BCUT2D eigenvalue weighted by Crippen LogP contribution is 2.34. The van der Waals surface area contributed by atoms with E-state index in [1.807, 2.05) is 71.6 Å². The first-order chi connectivity index (χ1) is 13.8. The molecule has 28 heavy (non-hydrogen) atoms. The third-order valence-electron chi connectivity index (χ3n) is 5.20. The van der Waals surface area contributed by atoms with Crippen LogP contribution in [0.5, 0.6) is 0 Å². The molecule has 0 spiro atoms. The minimum absolute atomic E-state index is 0.00551. The summed E-state index contributed by atoms with van der Waals surface area (Å²) in [6.45, 7) is 5.11.